The van der Waals surface area contributed by atoms with Gasteiger partial charge in [-0.2, -0.15) is 0 Å². The molecule has 1 aromatic carbocycles. The van der Waals surface area contributed by atoms with Crippen LogP contribution >= 0.6 is 27.3 Å². The molecule has 0 spiro atoms. The van der Waals surface area contributed by atoms with Gasteiger partial charge in [0.15, 0.2) is 0 Å². The average Bonchev–Trinajstić information content (AvgIpc) is 2.91. The van der Waals surface area contributed by atoms with Gasteiger partial charge in [-0.3, -0.25) is 4.99 Å². The molecule has 2 heterocycles. The van der Waals surface area contributed by atoms with E-state index in [2.05, 4.69) is 51.9 Å². The molecule has 0 saturated heterocycles. The van der Waals surface area contributed by atoms with E-state index in [1.807, 2.05) is 12.4 Å². The molecule has 0 bridgehead atoms. The number of rotatable bonds is 3. The van der Waals surface area contributed by atoms with Crippen LogP contribution in [0, 0.1) is 5.92 Å². The zero-order chi connectivity index (χ0) is 15.0. The molecule has 1 aromatic heterocycles. The fourth-order valence-electron chi connectivity index (χ4n) is 2.51. The van der Waals surface area contributed by atoms with Gasteiger partial charge in [-0.1, -0.05) is 13.8 Å². The van der Waals surface area contributed by atoms with Gasteiger partial charge in [0.1, 0.15) is 10.8 Å². The SMILES string of the molecule is COc1cc2c(cc1-c1ncc(Br)s1)CC(C(C)C)N=C2. The van der Waals surface area contributed by atoms with Crippen molar-refractivity contribution < 1.29 is 4.74 Å². The first-order valence-electron chi connectivity index (χ1n) is 6.94. The zero-order valence-corrected chi connectivity index (χ0v) is 14.7. The van der Waals surface area contributed by atoms with Gasteiger partial charge in [-0.25, -0.2) is 4.98 Å². The highest BCUT2D eigenvalue weighted by Crippen LogP contribution is 2.37. The Morgan fingerprint density at radius 2 is 2.19 bits per heavy atom. The van der Waals surface area contributed by atoms with E-state index in [4.69, 9.17) is 4.74 Å². The summed E-state index contributed by atoms with van der Waals surface area (Å²) in [6.45, 7) is 4.44. The van der Waals surface area contributed by atoms with Gasteiger partial charge in [0, 0.05) is 6.21 Å². The number of methoxy groups -OCH3 is 1. The fraction of sp³-hybridized carbons (Fsp3) is 0.375. The van der Waals surface area contributed by atoms with Crippen LogP contribution in [-0.4, -0.2) is 24.4 Å². The summed E-state index contributed by atoms with van der Waals surface area (Å²) in [6, 6.07) is 4.64. The van der Waals surface area contributed by atoms with E-state index in [1.165, 1.54) is 5.56 Å². The van der Waals surface area contributed by atoms with Crippen molar-refractivity contribution in [2.75, 3.05) is 7.11 Å². The minimum absolute atomic E-state index is 0.363. The van der Waals surface area contributed by atoms with Gasteiger partial charge in [0.25, 0.3) is 0 Å². The van der Waals surface area contributed by atoms with Crippen molar-refractivity contribution in [3.8, 4) is 16.3 Å². The Morgan fingerprint density at radius 1 is 1.38 bits per heavy atom. The minimum Gasteiger partial charge on any atom is -0.496 e. The minimum atomic E-state index is 0.363. The summed E-state index contributed by atoms with van der Waals surface area (Å²) in [5.41, 5.74) is 3.54. The molecular formula is C16H17BrN2OS. The van der Waals surface area contributed by atoms with Crippen LogP contribution < -0.4 is 4.74 Å². The molecule has 3 nitrogen and oxygen atoms in total. The summed E-state index contributed by atoms with van der Waals surface area (Å²) in [5, 5.41) is 0.977. The van der Waals surface area contributed by atoms with Gasteiger partial charge in [0.2, 0.25) is 0 Å². The number of halogens is 1. The van der Waals surface area contributed by atoms with Crippen LogP contribution in [0.1, 0.15) is 25.0 Å². The number of hydrogen-bond acceptors (Lipinski definition) is 4. The van der Waals surface area contributed by atoms with E-state index in [9.17, 15) is 0 Å². The Bertz CT molecular complexity index is 694. The first-order chi connectivity index (χ1) is 10.1. The lowest BCUT2D eigenvalue weighted by Crippen LogP contribution is -2.21. The highest BCUT2D eigenvalue weighted by atomic mass is 79.9. The van der Waals surface area contributed by atoms with Crippen LogP contribution in [0.3, 0.4) is 0 Å². The monoisotopic (exact) mass is 364 g/mol. The number of nitrogens with zero attached hydrogens (tertiary/aromatic N) is 2. The maximum atomic E-state index is 5.54. The van der Waals surface area contributed by atoms with E-state index < -0.39 is 0 Å². The Hall–Kier alpha value is -1.20. The Balaban J connectivity index is 2.07. The summed E-state index contributed by atoms with van der Waals surface area (Å²) in [4.78, 5) is 9.11. The molecule has 0 saturated carbocycles. The lowest BCUT2D eigenvalue weighted by Gasteiger charge is -2.23. The van der Waals surface area contributed by atoms with Crippen LogP contribution in [0.15, 0.2) is 27.1 Å². The largest absolute Gasteiger partial charge is 0.496 e. The summed E-state index contributed by atoms with van der Waals surface area (Å²) in [7, 11) is 1.70. The number of fused-ring (bicyclic) bond motifs is 1. The maximum Gasteiger partial charge on any atom is 0.129 e. The summed E-state index contributed by atoms with van der Waals surface area (Å²) < 4.78 is 6.57. The van der Waals surface area contributed by atoms with Gasteiger partial charge >= 0.3 is 0 Å². The second-order valence-corrected chi connectivity index (χ2v) is 7.92. The van der Waals surface area contributed by atoms with Crippen molar-refractivity contribution in [2.45, 2.75) is 26.3 Å². The molecule has 110 valence electrons. The zero-order valence-electron chi connectivity index (χ0n) is 12.3. The van der Waals surface area contributed by atoms with Crippen LogP contribution in [0.25, 0.3) is 10.6 Å². The van der Waals surface area contributed by atoms with E-state index in [0.29, 0.717) is 12.0 Å². The third-order valence-corrected chi connectivity index (χ3v) is 5.28. The molecule has 21 heavy (non-hydrogen) atoms. The van der Waals surface area contributed by atoms with E-state index >= 15 is 0 Å². The summed E-state index contributed by atoms with van der Waals surface area (Å²) in [5.74, 6) is 1.40. The van der Waals surface area contributed by atoms with Crippen molar-refractivity contribution in [2.24, 2.45) is 10.9 Å². The molecule has 1 aliphatic rings. The fourth-order valence-corrected chi connectivity index (χ4v) is 3.74. The molecule has 0 radical (unpaired) electrons. The van der Waals surface area contributed by atoms with Gasteiger partial charge in [-0.15, -0.1) is 11.3 Å². The normalized spacial score (nSPS) is 17.1. The molecule has 1 atom stereocenters. The second kappa shape index (κ2) is 5.89. The summed E-state index contributed by atoms with van der Waals surface area (Å²) in [6.07, 6.45) is 4.79. The first kappa shape index (κ1) is 14.7. The van der Waals surface area contributed by atoms with E-state index in [-0.39, 0.29) is 0 Å². The first-order valence-corrected chi connectivity index (χ1v) is 8.55. The molecule has 0 amide bonds. The molecular weight excluding hydrogens is 348 g/mol. The molecule has 3 rings (SSSR count). The quantitative estimate of drug-likeness (QED) is 0.798. The smallest absolute Gasteiger partial charge is 0.129 e. The van der Waals surface area contributed by atoms with Crippen molar-refractivity contribution in [1.29, 1.82) is 0 Å². The Kier molecular flexibility index (Phi) is 4.13. The van der Waals surface area contributed by atoms with Crippen LogP contribution in [0.2, 0.25) is 0 Å². The molecule has 0 aliphatic carbocycles. The number of benzene rings is 1. The van der Waals surface area contributed by atoms with Gasteiger partial charge in [0.05, 0.1) is 28.7 Å². The highest BCUT2D eigenvalue weighted by molar-refractivity contribution is 9.11. The van der Waals surface area contributed by atoms with E-state index in [1.54, 1.807) is 18.4 Å². The standard InChI is InChI=1S/C16H17BrN2OS/c1-9(2)13-5-10-4-12(16-19-8-15(17)21-16)14(20-3)6-11(10)7-18-13/h4,6-9,13H,5H2,1-3H3. The van der Waals surface area contributed by atoms with E-state index in [0.717, 1.165) is 32.1 Å². The number of thiazole rings is 1. The molecule has 0 fully saturated rings. The summed E-state index contributed by atoms with van der Waals surface area (Å²) >= 11 is 5.09. The van der Waals surface area contributed by atoms with Crippen molar-refractivity contribution >= 4 is 33.5 Å². The third kappa shape index (κ3) is 2.90. The molecule has 5 heteroatoms. The lowest BCUT2D eigenvalue weighted by molar-refractivity contribution is 0.415. The Morgan fingerprint density at radius 3 is 2.81 bits per heavy atom. The molecule has 1 aliphatic heterocycles. The van der Waals surface area contributed by atoms with Crippen molar-refractivity contribution in [3.63, 3.8) is 0 Å². The number of hydrogen-bond donors (Lipinski definition) is 0. The van der Waals surface area contributed by atoms with Gasteiger partial charge in [-0.05, 0) is 51.5 Å². The van der Waals surface area contributed by atoms with Crippen molar-refractivity contribution in [1.82, 2.24) is 4.98 Å². The number of aromatic nitrogens is 1. The second-order valence-electron chi connectivity index (χ2n) is 5.51. The van der Waals surface area contributed by atoms with Crippen molar-refractivity contribution in [3.05, 3.63) is 33.2 Å². The molecule has 1 unspecified atom stereocenters. The van der Waals surface area contributed by atoms with Crippen LogP contribution in [0.4, 0.5) is 0 Å². The van der Waals surface area contributed by atoms with Gasteiger partial charge < -0.3 is 4.74 Å². The third-order valence-electron chi connectivity index (χ3n) is 3.77. The molecule has 2 aromatic rings. The number of ether oxygens (including phenoxy) is 1. The lowest BCUT2D eigenvalue weighted by atomic mass is 9.90. The topological polar surface area (TPSA) is 34.5 Å². The Labute approximate surface area is 137 Å². The van der Waals surface area contributed by atoms with Crippen LogP contribution in [0.5, 0.6) is 5.75 Å². The average molecular weight is 365 g/mol. The highest BCUT2D eigenvalue weighted by Gasteiger charge is 2.21. The van der Waals surface area contributed by atoms with Crippen LogP contribution in [-0.2, 0) is 6.42 Å². The molecule has 0 N–H and O–H groups in total. The predicted molar refractivity (Wildman–Crippen MR) is 91.7 cm³/mol. The maximum absolute atomic E-state index is 5.54. The predicted octanol–water partition coefficient (Wildman–Crippen LogP) is 4.58. The number of aliphatic imine (C=N–C) groups is 1.